The highest BCUT2D eigenvalue weighted by Crippen LogP contribution is 2.09. The van der Waals surface area contributed by atoms with Gasteiger partial charge in [-0.1, -0.05) is 0 Å². The first-order valence-electron chi connectivity index (χ1n) is 6.59. The van der Waals surface area contributed by atoms with Gasteiger partial charge < -0.3 is 14.7 Å². The monoisotopic (exact) mass is 377 g/mol. The van der Waals surface area contributed by atoms with Gasteiger partial charge in [-0.2, -0.15) is 0 Å². The maximum atomic E-state index is 8.92. The van der Waals surface area contributed by atoms with E-state index in [1.807, 2.05) is 6.07 Å². The second-order valence-electron chi connectivity index (χ2n) is 4.62. The molecule has 0 saturated carbocycles. The van der Waals surface area contributed by atoms with Gasteiger partial charge in [0.2, 0.25) is 5.88 Å². The van der Waals surface area contributed by atoms with Crippen molar-refractivity contribution in [3.8, 4) is 5.88 Å². The van der Waals surface area contributed by atoms with Crippen molar-refractivity contribution in [1.82, 2.24) is 13.0 Å². The molecule has 19 heavy (non-hydrogen) atoms. The number of rotatable bonds is 6. The lowest BCUT2D eigenvalue weighted by molar-refractivity contribution is 0.187. The highest BCUT2D eigenvalue weighted by Gasteiger charge is 2.13. The minimum Gasteiger partial charge on any atom is -0.478 e. The first-order valence-corrected chi connectivity index (χ1v) is 7.56. The van der Waals surface area contributed by atoms with Crippen LogP contribution in [-0.4, -0.2) is 57.4 Å². The molecule has 1 aromatic heterocycles. The van der Waals surface area contributed by atoms with Crippen LogP contribution in [0.3, 0.4) is 0 Å². The maximum Gasteiger partial charge on any atom is 0.213 e. The molecule has 0 amide bonds. The molecular weight excluding hydrogens is 357 g/mol. The standard InChI is InChI=1S/C13H20IN3O2/c14-17-7-5-16(6-8-17)4-1-9-19-13-3-2-12(11-18)10-15-13/h2-3,10,18H,1,4-9,11H2. The highest BCUT2D eigenvalue weighted by atomic mass is 127. The van der Waals surface area contributed by atoms with Gasteiger partial charge in [-0.05, 0) is 18.1 Å². The zero-order valence-corrected chi connectivity index (χ0v) is 13.1. The Kier molecular flexibility index (Phi) is 6.29. The van der Waals surface area contributed by atoms with Crippen LogP contribution in [-0.2, 0) is 6.61 Å². The molecule has 1 saturated heterocycles. The van der Waals surface area contributed by atoms with E-state index in [-0.39, 0.29) is 6.61 Å². The molecule has 0 aliphatic carbocycles. The Hall–Kier alpha value is -0.440. The fourth-order valence-electron chi connectivity index (χ4n) is 2.00. The number of halogens is 1. The van der Waals surface area contributed by atoms with Crippen molar-refractivity contribution >= 4 is 22.9 Å². The summed E-state index contributed by atoms with van der Waals surface area (Å²) in [5.41, 5.74) is 0.809. The topological polar surface area (TPSA) is 48.8 Å². The number of pyridine rings is 1. The molecule has 6 heteroatoms. The van der Waals surface area contributed by atoms with Crippen LogP contribution in [0, 0.1) is 0 Å². The molecule has 1 fully saturated rings. The van der Waals surface area contributed by atoms with Crippen LogP contribution in [0.1, 0.15) is 12.0 Å². The Balaban J connectivity index is 1.61. The summed E-state index contributed by atoms with van der Waals surface area (Å²) >= 11 is 2.38. The Bertz CT molecular complexity index is 367. The summed E-state index contributed by atoms with van der Waals surface area (Å²) < 4.78 is 7.92. The Morgan fingerprint density at radius 3 is 2.68 bits per heavy atom. The van der Waals surface area contributed by atoms with Crippen LogP contribution in [0.25, 0.3) is 0 Å². The third-order valence-electron chi connectivity index (χ3n) is 3.17. The number of hydrogen-bond acceptors (Lipinski definition) is 5. The van der Waals surface area contributed by atoms with Crippen molar-refractivity contribution in [2.75, 3.05) is 39.3 Å². The van der Waals surface area contributed by atoms with E-state index >= 15 is 0 Å². The average Bonchev–Trinajstić information content (AvgIpc) is 2.46. The minimum atomic E-state index is 0.0239. The van der Waals surface area contributed by atoms with E-state index in [2.05, 4.69) is 35.9 Å². The molecule has 2 heterocycles. The molecule has 0 aromatic carbocycles. The van der Waals surface area contributed by atoms with E-state index in [1.54, 1.807) is 12.3 Å². The molecule has 0 spiro atoms. The van der Waals surface area contributed by atoms with Crippen LogP contribution in [0.5, 0.6) is 5.88 Å². The number of nitrogens with zero attached hydrogens (tertiary/aromatic N) is 3. The Morgan fingerprint density at radius 2 is 2.05 bits per heavy atom. The zero-order chi connectivity index (χ0) is 13.5. The predicted molar refractivity (Wildman–Crippen MR) is 82.3 cm³/mol. The molecule has 1 aliphatic rings. The van der Waals surface area contributed by atoms with Gasteiger partial charge >= 0.3 is 0 Å². The summed E-state index contributed by atoms with van der Waals surface area (Å²) in [5, 5.41) is 8.92. The quantitative estimate of drug-likeness (QED) is 0.460. The molecule has 106 valence electrons. The van der Waals surface area contributed by atoms with Gasteiger partial charge in [0.15, 0.2) is 0 Å². The summed E-state index contributed by atoms with van der Waals surface area (Å²) in [4.78, 5) is 6.61. The zero-order valence-electron chi connectivity index (χ0n) is 11.0. The average molecular weight is 377 g/mol. The van der Waals surface area contributed by atoms with E-state index < -0.39 is 0 Å². The van der Waals surface area contributed by atoms with Crippen molar-refractivity contribution in [2.24, 2.45) is 0 Å². The van der Waals surface area contributed by atoms with Gasteiger partial charge in [-0.3, -0.25) is 0 Å². The van der Waals surface area contributed by atoms with Gasteiger partial charge in [0.1, 0.15) is 0 Å². The van der Waals surface area contributed by atoms with Crippen LogP contribution in [0.15, 0.2) is 18.3 Å². The number of ether oxygens (including phenoxy) is 1. The summed E-state index contributed by atoms with van der Waals surface area (Å²) in [6.45, 7) is 6.38. The first kappa shape index (κ1) is 15.0. The second kappa shape index (κ2) is 7.98. The lowest BCUT2D eigenvalue weighted by Gasteiger charge is -2.30. The predicted octanol–water partition coefficient (Wildman–Crippen LogP) is 1.31. The maximum absolute atomic E-state index is 8.92. The fourth-order valence-corrected chi connectivity index (χ4v) is 2.43. The van der Waals surface area contributed by atoms with Gasteiger partial charge in [0.05, 0.1) is 13.2 Å². The normalized spacial score (nSPS) is 17.6. The summed E-state index contributed by atoms with van der Waals surface area (Å²) in [5.74, 6) is 0.634. The molecule has 0 atom stereocenters. The first-order chi connectivity index (χ1) is 9.28. The van der Waals surface area contributed by atoms with Crippen molar-refractivity contribution in [3.63, 3.8) is 0 Å². The molecule has 1 aliphatic heterocycles. The number of piperazine rings is 1. The van der Waals surface area contributed by atoms with E-state index in [0.717, 1.165) is 44.7 Å². The number of aromatic nitrogens is 1. The Morgan fingerprint density at radius 1 is 1.26 bits per heavy atom. The molecule has 5 nitrogen and oxygen atoms in total. The third kappa shape index (κ3) is 5.21. The van der Waals surface area contributed by atoms with Crippen LogP contribution >= 0.6 is 22.9 Å². The van der Waals surface area contributed by atoms with Crippen molar-refractivity contribution < 1.29 is 9.84 Å². The van der Waals surface area contributed by atoms with E-state index in [0.29, 0.717) is 12.5 Å². The summed E-state index contributed by atoms with van der Waals surface area (Å²) in [7, 11) is 0. The molecule has 0 radical (unpaired) electrons. The summed E-state index contributed by atoms with van der Waals surface area (Å²) in [6.07, 6.45) is 2.67. The number of aliphatic hydroxyl groups excluding tert-OH is 1. The third-order valence-corrected chi connectivity index (χ3v) is 4.13. The van der Waals surface area contributed by atoms with Gasteiger partial charge in [0.25, 0.3) is 0 Å². The van der Waals surface area contributed by atoms with E-state index in [9.17, 15) is 0 Å². The SMILES string of the molecule is OCc1ccc(OCCCN2CCN(I)CC2)nc1. The van der Waals surface area contributed by atoms with Gasteiger partial charge in [0, 0.05) is 67.9 Å². The minimum absolute atomic E-state index is 0.0239. The molecule has 0 bridgehead atoms. The fraction of sp³-hybridized carbons (Fsp3) is 0.615. The smallest absolute Gasteiger partial charge is 0.213 e. The lowest BCUT2D eigenvalue weighted by Crippen LogP contribution is -2.42. The molecular formula is C13H20IN3O2. The molecule has 0 unspecified atom stereocenters. The van der Waals surface area contributed by atoms with E-state index in [4.69, 9.17) is 9.84 Å². The number of aliphatic hydroxyl groups is 1. The molecule has 1 aromatic rings. The van der Waals surface area contributed by atoms with E-state index in [1.165, 1.54) is 0 Å². The van der Waals surface area contributed by atoms with Crippen molar-refractivity contribution in [2.45, 2.75) is 13.0 Å². The lowest BCUT2D eigenvalue weighted by atomic mass is 10.3. The van der Waals surface area contributed by atoms with Gasteiger partial charge in [-0.25, -0.2) is 8.10 Å². The van der Waals surface area contributed by atoms with Crippen molar-refractivity contribution in [1.29, 1.82) is 0 Å². The van der Waals surface area contributed by atoms with Crippen molar-refractivity contribution in [3.05, 3.63) is 23.9 Å². The highest BCUT2D eigenvalue weighted by molar-refractivity contribution is 14.1. The molecule has 2 rings (SSSR count). The van der Waals surface area contributed by atoms with Crippen LogP contribution < -0.4 is 4.74 Å². The number of hydrogen-bond donors (Lipinski definition) is 1. The Labute approximate surface area is 128 Å². The largest absolute Gasteiger partial charge is 0.478 e. The molecule has 1 N–H and O–H groups in total. The second-order valence-corrected chi connectivity index (χ2v) is 5.98. The van der Waals surface area contributed by atoms with Crippen LogP contribution in [0.4, 0.5) is 0 Å². The van der Waals surface area contributed by atoms with Crippen LogP contribution in [0.2, 0.25) is 0 Å². The summed E-state index contributed by atoms with van der Waals surface area (Å²) in [6, 6.07) is 3.64. The van der Waals surface area contributed by atoms with Gasteiger partial charge in [-0.15, -0.1) is 0 Å².